The van der Waals surface area contributed by atoms with E-state index in [9.17, 15) is 9.18 Å². The molecular weight excluding hydrogens is 436 g/mol. The number of carbonyl (C=O) groups is 1. The second-order valence-corrected chi connectivity index (χ2v) is 6.67. The van der Waals surface area contributed by atoms with Crippen LogP contribution in [0.4, 0.5) is 4.39 Å². The number of aliphatic imine (C=N–C) groups is 1. The minimum atomic E-state index is -0.170. The lowest BCUT2D eigenvalue weighted by molar-refractivity contribution is -0.145. The Balaban J connectivity index is 0.00000225. The van der Waals surface area contributed by atoms with Crippen molar-refractivity contribution in [2.45, 2.75) is 25.3 Å². The number of hydrogen-bond acceptors (Lipinski definition) is 3. The SMILES string of the molecule is CN=C(NC1CC1c1ccccc1F)N1CC(C)C(C(=O)OC)C1.I. The number of carbonyl (C=O) groups excluding carboxylic acids is 1. The highest BCUT2D eigenvalue weighted by molar-refractivity contribution is 14.0. The molecule has 0 aromatic heterocycles. The fourth-order valence-electron chi connectivity index (χ4n) is 3.54. The molecule has 0 amide bonds. The Hall–Kier alpha value is -1.38. The zero-order valence-electron chi connectivity index (χ0n) is 14.7. The summed E-state index contributed by atoms with van der Waals surface area (Å²) >= 11 is 0. The summed E-state index contributed by atoms with van der Waals surface area (Å²) in [6.07, 6.45) is 0.893. The third kappa shape index (κ3) is 4.24. The summed E-state index contributed by atoms with van der Waals surface area (Å²) in [4.78, 5) is 18.3. The first-order valence-corrected chi connectivity index (χ1v) is 8.35. The van der Waals surface area contributed by atoms with Crippen LogP contribution in [0.3, 0.4) is 0 Å². The maximum absolute atomic E-state index is 13.9. The van der Waals surface area contributed by atoms with Crippen LogP contribution < -0.4 is 5.32 Å². The van der Waals surface area contributed by atoms with E-state index < -0.39 is 0 Å². The number of nitrogens with one attached hydrogen (secondary N) is 1. The van der Waals surface area contributed by atoms with E-state index in [0.29, 0.717) is 6.54 Å². The molecule has 1 N–H and O–H groups in total. The molecule has 1 aromatic carbocycles. The molecule has 4 atom stereocenters. The van der Waals surface area contributed by atoms with Crippen LogP contribution in [-0.2, 0) is 9.53 Å². The summed E-state index contributed by atoms with van der Waals surface area (Å²) in [5, 5.41) is 3.41. The van der Waals surface area contributed by atoms with Gasteiger partial charge in [0.25, 0.3) is 0 Å². The van der Waals surface area contributed by atoms with Crippen molar-refractivity contribution >= 4 is 35.9 Å². The van der Waals surface area contributed by atoms with Gasteiger partial charge >= 0.3 is 5.97 Å². The van der Waals surface area contributed by atoms with Gasteiger partial charge in [0.2, 0.25) is 0 Å². The van der Waals surface area contributed by atoms with E-state index >= 15 is 0 Å². The molecule has 0 spiro atoms. The molecule has 1 heterocycles. The third-order valence-electron chi connectivity index (χ3n) is 5.04. The summed E-state index contributed by atoms with van der Waals surface area (Å²) in [5.41, 5.74) is 0.757. The Morgan fingerprint density at radius 3 is 2.72 bits per heavy atom. The second-order valence-electron chi connectivity index (χ2n) is 6.67. The quantitative estimate of drug-likeness (QED) is 0.326. The minimum Gasteiger partial charge on any atom is -0.469 e. The Morgan fingerprint density at radius 2 is 2.08 bits per heavy atom. The first-order valence-electron chi connectivity index (χ1n) is 8.35. The lowest BCUT2D eigenvalue weighted by Crippen LogP contribution is -2.42. The van der Waals surface area contributed by atoms with Gasteiger partial charge in [-0.05, 0) is 24.0 Å². The van der Waals surface area contributed by atoms with Gasteiger partial charge in [-0.3, -0.25) is 9.79 Å². The highest BCUT2D eigenvalue weighted by Crippen LogP contribution is 2.42. The number of rotatable bonds is 3. The van der Waals surface area contributed by atoms with Crippen molar-refractivity contribution in [3.05, 3.63) is 35.6 Å². The average molecular weight is 461 g/mol. The van der Waals surface area contributed by atoms with Crippen LogP contribution in [0.5, 0.6) is 0 Å². The van der Waals surface area contributed by atoms with Crippen molar-refractivity contribution in [2.24, 2.45) is 16.8 Å². The van der Waals surface area contributed by atoms with Gasteiger partial charge in [-0.15, -0.1) is 24.0 Å². The highest BCUT2D eigenvalue weighted by Gasteiger charge is 2.43. The van der Waals surface area contributed by atoms with Crippen molar-refractivity contribution in [2.75, 3.05) is 27.2 Å². The minimum absolute atomic E-state index is 0. The normalized spacial score (nSPS) is 28.3. The molecule has 5 nitrogen and oxygen atoms in total. The Morgan fingerprint density at radius 1 is 1.36 bits per heavy atom. The number of benzene rings is 1. The third-order valence-corrected chi connectivity index (χ3v) is 5.04. The lowest BCUT2D eigenvalue weighted by Gasteiger charge is -2.21. The van der Waals surface area contributed by atoms with Crippen molar-refractivity contribution in [3.8, 4) is 0 Å². The van der Waals surface area contributed by atoms with Crippen molar-refractivity contribution in [3.63, 3.8) is 0 Å². The first kappa shape index (κ1) is 19.9. The summed E-state index contributed by atoms with van der Waals surface area (Å²) in [6, 6.07) is 7.11. The molecule has 1 saturated heterocycles. The van der Waals surface area contributed by atoms with Crippen molar-refractivity contribution < 1.29 is 13.9 Å². The topological polar surface area (TPSA) is 53.9 Å². The summed E-state index contributed by atoms with van der Waals surface area (Å²) in [5.74, 6) is 0.725. The molecule has 7 heteroatoms. The van der Waals surface area contributed by atoms with E-state index in [1.54, 1.807) is 13.1 Å². The number of ether oxygens (including phenoxy) is 1. The maximum atomic E-state index is 13.9. The van der Waals surface area contributed by atoms with Crippen LogP contribution in [-0.4, -0.2) is 50.1 Å². The molecule has 1 aromatic rings. The Kier molecular flexibility index (Phi) is 6.65. The van der Waals surface area contributed by atoms with Gasteiger partial charge < -0.3 is 15.0 Å². The van der Waals surface area contributed by atoms with E-state index in [1.807, 2.05) is 19.1 Å². The molecule has 25 heavy (non-hydrogen) atoms. The van der Waals surface area contributed by atoms with Crippen molar-refractivity contribution in [1.82, 2.24) is 10.2 Å². The largest absolute Gasteiger partial charge is 0.469 e. The summed E-state index contributed by atoms with van der Waals surface area (Å²) < 4.78 is 18.8. The number of hydrogen-bond donors (Lipinski definition) is 1. The lowest BCUT2D eigenvalue weighted by atomic mass is 9.99. The van der Waals surface area contributed by atoms with E-state index in [2.05, 4.69) is 15.2 Å². The number of nitrogens with zero attached hydrogens (tertiary/aromatic N) is 2. The fourth-order valence-corrected chi connectivity index (χ4v) is 3.54. The van der Waals surface area contributed by atoms with Crippen LogP contribution >= 0.6 is 24.0 Å². The van der Waals surface area contributed by atoms with E-state index in [0.717, 1.165) is 24.5 Å². The number of guanidine groups is 1. The number of halogens is 2. The Bertz CT molecular complexity index is 655. The predicted molar refractivity (Wildman–Crippen MR) is 106 cm³/mol. The molecular formula is C18H25FIN3O2. The molecule has 4 unspecified atom stereocenters. The molecule has 0 bridgehead atoms. The number of esters is 1. The highest BCUT2D eigenvalue weighted by atomic mass is 127. The van der Waals surface area contributed by atoms with Gasteiger partial charge in [-0.2, -0.15) is 0 Å². The van der Waals surface area contributed by atoms with E-state index in [1.165, 1.54) is 13.2 Å². The molecule has 2 aliphatic rings. The predicted octanol–water partition coefficient (Wildman–Crippen LogP) is 2.62. The van der Waals surface area contributed by atoms with Crippen molar-refractivity contribution in [1.29, 1.82) is 0 Å². The zero-order chi connectivity index (χ0) is 17.3. The van der Waals surface area contributed by atoms with Crippen LogP contribution in [0, 0.1) is 17.7 Å². The van der Waals surface area contributed by atoms with Gasteiger partial charge in [0, 0.05) is 32.1 Å². The van der Waals surface area contributed by atoms with Gasteiger partial charge in [-0.25, -0.2) is 4.39 Å². The standard InChI is InChI=1S/C18H24FN3O2.HI/c1-11-9-22(10-14(11)17(23)24-3)18(20-2)21-16-8-13(16)12-6-4-5-7-15(12)19;/h4-7,11,13-14,16H,8-10H2,1-3H3,(H,20,21);1H. The average Bonchev–Trinajstić information content (AvgIpc) is 3.24. The molecule has 1 aliphatic carbocycles. The van der Waals surface area contributed by atoms with Gasteiger partial charge in [0.15, 0.2) is 5.96 Å². The molecule has 1 aliphatic heterocycles. The van der Waals surface area contributed by atoms with Gasteiger partial charge in [0.1, 0.15) is 5.82 Å². The van der Waals surface area contributed by atoms with Crippen LogP contribution in [0.1, 0.15) is 24.8 Å². The first-order chi connectivity index (χ1) is 11.5. The van der Waals surface area contributed by atoms with E-state index in [4.69, 9.17) is 4.74 Å². The van der Waals surface area contributed by atoms with Crippen LogP contribution in [0.25, 0.3) is 0 Å². The van der Waals surface area contributed by atoms with Gasteiger partial charge in [-0.1, -0.05) is 25.1 Å². The van der Waals surface area contributed by atoms with Gasteiger partial charge in [0.05, 0.1) is 13.0 Å². The molecule has 2 fully saturated rings. The Labute approximate surface area is 165 Å². The number of methoxy groups -OCH3 is 1. The molecule has 1 saturated carbocycles. The van der Waals surface area contributed by atoms with Crippen LogP contribution in [0.2, 0.25) is 0 Å². The monoisotopic (exact) mass is 461 g/mol. The smallest absolute Gasteiger partial charge is 0.310 e. The zero-order valence-corrected chi connectivity index (χ0v) is 17.1. The second kappa shape index (κ2) is 8.33. The van der Waals surface area contributed by atoms with Crippen LogP contribution in [0.15, 0.2) is 29.3 Å². The molecule has 3 rings (SSSR count). The maximum Gasteiger partial charge on any atom is 0.310 e. The molecule has 0 radical (unpaired) electrons. The fraction of sp³-hybridized carbons (Fsp3) is 0.556. The van der Waals surface area contributed by atoms with E-state index in [-0.39, 0.29) is 59.6 Å². The molecule has 138 valence electrons. The summed E-state index contributed by atoms with van der Waals surface area (Å²) in [7, 11) is 3.16. The number of likely N-dealkylation sites (tertiary alicyclic amines) is 1. The summed E-state index contributed by atoms with van der Waals surface area (Å²) in [6.45, 7) is 3.41.